The first-order chi connectivity index (χ1) is 7.08. The Morgan fingerprint density at radius 3 is 2.93 bits per heavy atom. The van der Waals surface area contributed by atoms with Crippen LogP contribution in [-0.4, -0.2) is 6.04 Å². The molecule has 1 heterocycles. The molecule has 2 N–H and O–H groups in total. The highest BCUT2D eigenvalue weighted by molar-refractivity contribution is 9.10. The van der Waals surface area contributed by atoms with Crippen molar-refractivity contribution >= 4 is 26.9 Å². The van der Waals surface area contributed by atoms with E-state index in [4.69, 9.17) is 10.2 Å². The van der Waals surface area contributed by atoms with Crippen LogP contribution in [-0.2, 0) is 6.42 Å². The van der Waals surface area contributed by atoms with E-state index in [0.717, 1.165) is 15.4 Å². The zero-order valence-corrected chi connectivity index (χ0v) is 9.84. The zero-order chi connectivity index (χ0) is 11.0. The first-order valence-corrected chi connectivity index (χ1v) is 5.48. The van der Waals surface area contributed by atoms with Crippen LogP contribution in [0.5, 0.6) is 0 Å². The van der Waals surface area contributed by atoms with Gasteiger partial charge >= 0.3 is 0 Å². The third-order valence-electron chi connectivity index (χ3n) is 2.21. The average molecular weight is 272 g/mol. The summed E-state index contributed by atoms with van der Waals surface area (Å²) in [6.07, 6.45) is 2.17. The Morgan fingerprint density at radius 2 is 2.27 bits per heavy atom. The molecule has 2 rings (SSSR count). The highest BCUT2D eigenvalue weighted by atomic mass is 79.9. The molecule has 15 heavy (non-hydrogen) atoms. The van der Waals surface area contributed by atoms with Crippen LogP contribution >= 0.6 is 15.9 Å². The third kappa shape index (κ3) is 2.06. The van der Waals surface area contributed by atoms with E-state index in [1.165, 1.54) is 12.1 Å². The van der Waals surface area contributed by atoms with Gasteiger partial charge in [0.15, 0.2) is 0 Å². The fourth-order valence-electron chi connectivity index (χ4n) is 1.64. The second-order valence-corrected chi connectivity index (χ2v) is 4.56. The van der Waals surface area contributed by atoms with Crippen LogP contribution in [0.25, 0.3) is 11.0 Å². The molecule has 1 aromatic heterocycles. The standard InChI is InChI=1S/C11H11BrFNO/c1-6(14)2-7-3-8(13)4-9-10(12)5-15-11(7)9/h3-6H,2,14H2,1H3. The van der Waals surface area contributed by atoms with E-state index < -0.39 is 0 Å². The largest absolute Gasteiger partial charge is 0.463 e. The molecule has 80 valence electrons. The number of nitrogens with two attached hydrogens (primary N) is 1. The molecule has 2 aromatic rings. The maximum atomic E-state index is 13.3. The molecule has 0 saturated carbocycles. The van der Waals surface area contributed by atoms with E-state index in [-0.39, 0.29) is 11.9 Å². The molecule has 0 aliphatic carbocycles. The van der Waals surface area contributed by atoms with Crippen molar-refractivity contribution in [2.24, 2.45) is 5.73 Å². The summed E-state index contributed by atoms with van der Waals surface area (Å²) in [5, 5.41) is 0.755. The van der Waals surface area contributed by atoms with Crippen LogP contribution in [0.1, 0.15) is 12.5 Å². The molecule has 0 bridgehead atoms. The fourth-order valence-corrected chi connectivity index (χ4v) is 2.03. The normalized spacial score (nSPS) is 13.3. The van der Waals surface area contributed by atoms with Crippen molar-refractivity contribution in [2.45, 2.75) is 19.4 Å². The van der Waals surface area contributed by atoms with Gasteiger partial charge in [-0.1, -0.05) is 0 Å². The van der Waals surface area contributed by atoms with E-state index in [1.807, 2.05) is 6.92 Å². The molecule has 0 fully saturated rings. The Morgan fingerprint density at radius 1 is 1.53 bits per heavy atom. The van der Waals surface area contributed by atoms with Gasteiger partial charge in [0, 0.05) is 11.4 Å². The minimum atomic E-state index is -0.264. The number of furan rings is 1. The molecule has 1 unspecified atom stereocenters. The van der Waals surface area contributed by atoms with Gasteiger partial charge in [-0.15, -0.1) is 0 Å². The van der Waals surface area contributed by atoms with Gasteiger partial charge in [-0.3, -0.25) is 0 Å². The smallest absolute Gasteiger partial charge is 0.138 e. The average Bonchev–Trinajstić information content (AvgIpc) is 2.47. The topological polar surface area (TPSA) is 39.2 Å². The summed E-state index contributed by atoms with van der Waals surface area (Å²) in [5.74, 6) is -0.264. The second kappa shape index (κ2) is 3.94. The van der Waals surface area contributed by atoms with Crippen molar-refractivity contribution in [3.63, 3.8) is 0 Å². The Balaban J connectivity index is 2.61. The molecule has 0 amide bonds. The van der Waals surface area contributed by atoms with Crippen molar-refractivity contribution in [1.29, 1.82) is 0 Å². The van der Waals surface area contributed by atoms with Crippen LogP contribution in [0.15, 0.2) is 27.3 Å². The van der Waals surface area contributed by atoms with Crippen LogP contribution in [0.3, 0.4) is 0 Å². The molecule has 0 spiro atoms. The van der Waals surface area contributed by atoms with E-state index in [2.05, 4.69) is 15.9 Å². The molecular formula is C11H11BrFNO. The molecule has 0 aliphatic rings. The van der Waals surface area contributed by atoms with Crippen molar-refractivity contribution in [3.8, 4) is 0 Å². The minimum absolute atomic E-state index is 0.0149. The van der Waals surface area contributed by atoms with Crippen LogP contribution in [0.2, 0.25) is 0 Å². The highest BCUT2D eigenvalue weighted by Crippen LogP contribution is 2.30. The Kier molecular flexibility index (Phi) is 2.80. The van der Waals surface area contributed by atoms with E-state index in [9.17, 15) is 4.39 Å². The van der Waals surface area contributed by atoms with Crippen molar-refractivity contribution < 1.29 is 8.81 Å². The van der Waals surface area contributed by atoms with Gasteiger partial charge in [0.1, 0.15) is 17.7 Å². The summed E-state index contributed by atoms with van der Waals surface area (Å²) >= 11 is 3.31. The molecule has 1 aromatic carbocycles. The molecule has 0 radical (unpaired) electrons. The van der Waals surface area contributed by atoms with Gasteiger partial charge < -0.3 is 10.2 Å². The van der Waals surface area contributed by atoms with Gasteiger partial charge in [0.05, 0.1) is 4.47 Å². The van der Waals surface area contributed by atoms with Crippen LogP contribution in [0, 0.1) is 5.82 Å². The third-order valence-corrected chi connectivity index (χ3v) is 2.82. The first kappa shape index (κ1) is 10.6. The number of halogens is 2. The zero-order valence-electron chi connectivity index (χ0n) is 8.26. The summed E-state index contributed by atoms with van der Waals surface area (Å²) < 4.78 is 19.4. The molecule has 1 atom stereocenters. The monoisotopic (exact) mass is 271 g/mol. The molecule has 2 nitrogen and oxygen atoms in total. The summed E-state index contributed by atoms with van der Waals surface area (Å²) in [6, 6.07) is 2.91. The predicted molar refractivity (Wildman–Crippen MR) is 61.2 cm³/mol. The fraction of sp³-hybridized carbons (Fsp3) is 0.273. The summed E-state index contributed by atoms with van der Waals surface area (Å²) in [7, 11) is 0. The predicted octanol–water partition coefficient (Wildman–Crippen LogP) is 3.22. The van der Waals surface area contributed by atoms with E-state index >= 15 is 0 Å². The molecular weight excluding hydrogens is 261 g/mol. The lowest BCUT2D eigenvalue weighted by Gasteiger charge is -2.05. The Bertz CT molecular complexity index is 493. The lowest BCUT2D eigenvalue weighted by atomic mass is 10.1. The maximum Gasteiger partial charge on any atom is 0.138 e. The quantitative estimate of drug-likeness (QED) is 0.911. The molecule has 0 aliphatic heterocycles. The number of benzene rings is 1. The van der Waals surface area contributed by atoms with Crippen LogP contribution < -0.4 is 5.73 Å². The summed E-state index contributed by atoms with van der Waals surface area (Å²) in [5.41, 5.74) is 7.22. The van der Waals surface area contributed by atoms with Crippen LogP contribution in [0.4, 0.5) is 4.39 Å². The van der Waals surface area contributed by atoms with Gasteiger partial charge in [-0.05, 0) is 47.0 Å². The maximum absolute atomic E-state index is 13.3. The lowest BCUT2D eigenvalue weighted by molar-refractivity contribution is 0.596. The summed E-state index contributed by atoms with van der Waals surface area (Å²) in [4.78, 5) is 0. The molecule has 4 heteroatoms. The van der Waals surface area contributed by atoms with Gasteiger partial charge in [-0.2, -0.15) is 0 Å². The number of hydrogen-bond acceptors (Lipinski definition) is 2. The van der Waals surface area contributed by atoms with E-state index in [0.29, 0.717) is 12.0 Å². The van der Waals surface area contributed by atoms with Crippen molar-refractivity contribution in [2.75, 3.05) is 0 Å². The lowest BCUT2D eigenvalue weighted by Crippen LogP contribution is -2.17. The summed E-state index contributed by atoms with van der Waals surface area (Å²) in [6.45, 7) is 1.88. The number of fused-ring (bicyclic) bond motifs is 1. The van der Waals surface area contributed by atoms with Crippen molar-refractivity contribution in [3.05, 3.63) is 34.2 Å². The Hall–Kier alpha value is -0.870. The van der Waals surface area contributed by atoms with Gasteiger partial charge in [-0.25, -0.2) is 4.39 Å². The number of rotatable bonds is 2. The second-order valence-electron chi connectivity index (χ2n) is 3.71. The van der Waals surface area contributed by atoms with Crippen molar-refractivity contribution in [1.82, 2.24) is 0 Å². The SMILES string of the molecule is CC(N)Cc1cc(F)cc2c(Br)coc12. The number of hydrogen-bond donors (Lipinski definition) is 1. The molecule has 0 saturated heterocycles. The van der Waals surface area contributed by atoms with Gasteiger partial charge in [0.25, 0.3) is 0 Å². The van der Waals surface area contributed by atoms with E-state index in [1.54, 1.807) is 6.26 Å². The highest BCUT2D eigenvalue weighted by Gasteiger charge is 2.11. The van der Waals surface area contributed by atoms with Gasteiger partial charge in [0.2, 0.25) is 0 Å². The minimum Gasteiger partial charge on any atom is -0.463 e. The first-order valence-electron chi connectivity index (χ1n) is 4.68. The Labute approximate surface area is 95.4 Å².